The molecule has 0 saturated carbocycles. The van der Waals surface area contributed by atoms with E-state index in [1.165, 1.54) is 10.5 Å². The zero-order valence-electron chi connectivity index (χ0n) is 23.7. The summed E-state index contributed by atoms with van der Waals surface area (Å²) >= 11 is 1.55. The molecule has 42 heavy (non-hydrogen) atoms. The average Bonchev–Trinajstić information content (AvgIpc) is 3.59. The summed E-state index contributed by atoms with van der Waals surface area (Å²) in [5.74, 6) is -1.05. The third-order valence-electron chi connectivity index (χ3n) is 8.75. The molecule has 6 rings (SSSR count). The van der Waals surface area contributed by atoms with E-state index in [-0.39, 0.29) is 35.5 Å². The number of likely N-dealkylation sites (tertiary alicyclic amines) is 1. The van der Waals surface area contributed by atoms with Crippen LogP contribution in [0.25, 0.3) is 11.6 Å². The van der Waals surface area contributed by atoms with Crippen LogP contribution >= 0.6 is 11.3 Å². The Bertz CT molecular complexity index is 1490. The molecule has 0 unspecified atom stereocenters. The maximum absolute atomic E-state index is 13.8. The minimum absolute atomic E-state index is 0.0853. The van der Waals surface area contributed by atoms with Crippen molar-refractivity contribution in [3.63, 3.8) is 0 Å². The summed E-state index contributed by atoms with van der Waals surface area (Å²) in [4.78, 5) is 34.4. The van der Waals surface area contributed by atoms with Crippen molar-refractivity contribution >= 4 is 41.9 Å². The number of hydrogen-bond acceptors (Lipinski definition) is 7. The number of phenols is 1. The normalized spacial score (nSPS) is 24.3. The number of benzene rings is 1. The van der Waals surface area contributed by atoms with Crippen LogP contribution in [-0.2, 0) is 20.8 Å². The molecule has 4 atom stereocenters. The van der Waals surface area contributed by atoms with E-state index in [2.05, 4.69) is 18.0 Å². The second kappa shape index (κ2) is 12.4. The van der Waals surface area contributed by atoms with E-state index in [9.17, 15) is 19.7 Å². The van der Waals surface area contributed by atoms with Crippen LogP contribution in [0.3, 0.4) is 0 Å². The van der Waals surface area contributed by atoms with Gasteiger partial charge in [-0.05, 0) is 96.4 Å². The third-order valence-corrected chi connectivity index (χ3v) is 9.61. The molecule has 2 fully saturated rings. The van der Waals surface area contributed by atoms with Gasteiger partial charge in [-0.25, -0.2) is 0 Å². The van der Waals surface area contributed by atoms with Gasteiger partial charge < -0.3 is 14.8 Å². The number of fused-ring (bicyclic) bond motifs is 3. The Morgan fingerprint density at radius 1 is 1.12 bits per heavy atom. The molecule has 3 aliphatic rings. The Labute approximate surface area is 250 Å². The van der Waals surface area contributed by atoms with Crippen molar-refractivity contribution in [1.29, 1.82) is 0 Å². The van der Waals surface area contributed by atoms with Crippen LogP contribution in [0.1, 0.15) is 55.2 Å². The molecule has 1 aliphatic carbocycles. The van der Waals surface area contributed by atoms with Crippen LogP contribution in [0, 0.1) is 17.8 Å². The lowest BCUT2D eigenvalue weighted by Crippen LogP contribution is -2.46. The maximum Gasteiger partial charge on any atom is 0.455 e. The maximum atomic E-state index is 13.8. The van der Waals surface area contributed by atoms with Crippen LogP contribution in [0.4, 0.5) is 0 Å². The number of imide groups is 1. The predicted octanol–water partition coefficient (Wildman–Crippen LogP) is 5.97. The molecule has 2 saturated heterocycles. The van der Waals surface area contributed by atoms with Crippen LogP contribution in [-0.4, -0.2) is 45.1 Å². The number of thiophene rings is 1. The first-order valence-electron chi connectivity index (χ1n) is 14.8. The van der Waals surface area contributed by atoms with Crippen molar-refractivity contribution in [3.8, 4) is 5.75 Å². The number of nitrogens with zero attached hydrogens (tertiary/aromatic N) is 2. The summed E-state index contributed by atoms with van der Waals surface area (Å²) in [6, 6.07) is 16.8. The highest BCUT2D eigenvalue weighted by Gasteiger charge is 2.57. The molecule has 7 nitrogen and oxygen atoms in total. The van der Waals surface area contributed by atoms with E-state index >= 15 is 0 Å². The van der Waals surface area contributed by atoms with Gasteiger partial charge in [0.1, 0.15) is 5.75 Å². The van der Waals surface area contributed by atoms with Crippen LogP contribution < -0.4 is 0 Å². The fraction of sp³-hybridized carbons (Fsp3) is 0.364. The minimum Gasteiger partial charge on any atom is -0.508 e. The molecule has 0 bridgehead atoms. The number of amides is 2. The highest BCUT2D eigenvalue weighted by molar-refractivity contribution is 7.09. The highest BCUT2D eigenvalue weighted by Crippen LogP contribution is 2.51. The number of rotatable bonds is 9. The standard InChI is InChI=1S/C33H35BN2O5S/c1-2-6-23-18-26-31(33(39)36(32(26)38)20-25-7-5-16-42-25)27-19-34(40)41-29(30(23)27)14-11-22(28-8-3-4-15-35-28)17-21-9-12-24(37)13-10-21/h3-5,7-10,12-13,15-17,26-27,29,31,37,40H,2,6,11,14,18-20H2,1H3/b22-17-/t26-,27+,29-,31-/m1/s1. The first-order chi connectivity index (χ1) is 20.4. The predicted molar refractivity (Wildman–Crippen MR) is 164 cm³/mol. The molecular formula is C33H35BN2O5S. The fourth-order valence-electron chi connectivity index (χ4n) is 6.97. The first kappa shape index (κ1) is 28.6. The number of carbonyl (C=O) groups is 2. The second-order valence-corrected chi connectivity index (χ2v) is 12.5. The highest BCUT2D eigenvalue weighted by atomic mass is 32.1. The van der Waals surface area contributed by atoms with E-state index in [0.29, 0.717) is 32.1 Å². The molecule has 0 spiro atoms. The number of pyridine rings is 1. The molecule has 2 N–H and O–H groups in total. The Morgan fingerprint density at radius 2 is 1.95 bits per heavy atom. The topological polar surface area (TPSA) is 100.0 Å². The van der Waals surface area contributed by atoms with Gasteiger partial charge >= 0.3 is 7.12 Å². The average molecular weight is 583 g/mol. The monoisotopic (exact) mass is 582 g/mol. The zero-order chi connectivity index (χ0) is 29.2. The largest absolute Gasteiger partial charge is 0.508 e. The van der Waals surface area contributed by atoms with Crippen molar-refractivity contribution in [3.05, 3.63) is 93.5 Å². The number of aromatic nitrogens is 1. The van der Waals surface area contributed by atoms with Crippen LogP contribution in [0.15, 0.2) is 77.3 Å². The lowest BCUT2D eigenvalue weighted by Gasteiger charge is -2.43. The summed E-state index contributed by atoms with van der Waals surface area (Å²) in [6.45, 7) is 2.44. The lowest BCUT2D eigenvalue weighted by atomic mass is 9.58. The van der Waals surface area contributed by atoms with Gasteiger partial charge in [-0.2, -0.15) is 0 Å². The Morgan fingerprint density at radius 3 is 2.67 bits per heavy atom. The van der Waals surface area contributed by atoms with E-state index in [1.807, 2.05) is 47.8 Å². The zero-order valence-corrected chi connectivity index (χ0v) is 24.5. The molecule has 216 valence electrons. The molecule has 4 heterocycles. The molecular weight excluding hydrogens is 547 g/mol. The Hall–Kier alpha value is -3.53. The summed E-state index contributed by atoms with van der Waals surface area (Å²) in [7, 11) is -1.00. The third kappa shape index (κ3) is 5.73. The number of hydrogen-bond donors (Lipinski definition) is 2. The Balaban J connectivity index is 1.30. The summed E-state index contributed by atoms with van der Waals surface area (Å²) in [5, 5.41) is 22.6. The number of phenolic OH excluding ortho intramolecular Hbond substituents is 1. The van der Waals surface area contributed by atoms with Crippen molar-refractivity contribution in [2.75, 3.05) is 0 Å². The molecule has 2 aromatic heterocycles. The molecule has 1 aromatic carbocycles. The molecule has 3 aromatic rings. The fourth-order valence-corrected chi connectivity index (χ4v) is 7.66. The van der Waals surface area contributed by atoms with E-state index < -0.39 is 13.0 Å². The Kier molecular flexibility index (Phi) is 8.42. The smallest absolute Gasteiger partial charge is 0.455 e. The molecule has 2 aliphatic heterocycles. The minimum atomic E-state index is -1.00. The van der Waals surface area contributed by atoms with Crippen LogP contribution in [0.2, 0.25) is 6.32 Å². The first-order valence-corrected chi connectivity index (χ1v) is 15.6. The van der Waals surface area contributed by atoms with Crippen LogP contribution in [0.5, 0.6) is 5.75 Å². The van der Waals surface area contributed by atoms with E-state index in [0.717, 1.165) is 40.1 Å². The number of aromatic hydroxyl groups is 1. The van der Waals surface area contributed by atoms with Crippen molar-refractivity contribution in [1.82, 2.24) is 9.88 Å². The number of allylic oxidation sites excluding steroid dienone is 2. The van der Waals surface area contributed by atoms with Crippen molar-refractivity contribution in [2.45, 2.75) is 58.0 Å². The van der Waals surface area contributed by atoms with Gasteiger partial charge in [0.15, 0.2) is 0 Å². The van der Waals surface area contributed by atoms with Gasteiger partial charge in [0.05, 0.1) is 30.2 Å². The quantitative estimate of drug-likeness (QED) is 0.183. The second-order valence-electron chi connectivity index (χ2n) is 11.4. The van der Waals surface area contributed by atoms with Gasteiger partial charge in [-0.1, -0.05) is 43.2 Å². The lowest BCUT2D eigenvalue weighted by molar-refractivity contribution is -0.140. The SMILES string of the molecule is CCCC1=C2[C@@H](CC/C(=C/c3ccc(O)cc3)c3ccccn3)OB(O)C[C@@H]2[C@@H]2C(=O)N(Cc3cccs3)C(=O)[C@@H]2C1. The summed E-state index contributed by atoms with van der Waals surface area (Å²) in [5.41, 5.74) is 5.14. The van der Waals surface area contributed by atoms with Crippen molar-refractivity contribution in [2.24, 2.45) is 17.8 Å². The molecule has 2 amide bonds. The number of carbonyl (C=O) groups excluding carboxylic acids is 2. The van der Waals surface area contributed by atoms with Gasteiger partial charge in [0.25, 0.3) is 0 Å². The summed E-state index contributed by atoms with van der Waals surface area (Å²) < 4.78 is 6.22. The van der Waals surface area contributed by atoms with Gasteiger partial charge in [-0.15, -0.1) is 11.3 Å². The van der Waals surface area contributed by atoms with E-state index in [4.69, 9.17) is 4.65 Å². The van der Waals surface area contributed by atoms with Crippen molar-refractivity contribution < 1.29 is 24.4 Å². The molecule has 9 heteroatoms. The molecule has 0 radical (unpaired) electrons. The van der Waals surface area contributed by atoms with Gasteiger partial charge in [0.2, 0.25) is 11.8 Å². The summed E-state index contributed by atoms with van der Waals surface area (Å²) in [6.07, 6.45) is 7.38. The van der Waals surface area contributed by atoms with E-state index in [1.54, 1.807) is 29.7 Å². The van der Waals surface area contributed by atoms with Gasteiger partial charge in [-0.3, -0.25) is 19.5 Å². The van der Waals surface area contributed by atoms with Gasteiger partial charge in [0, 0.05) is 11.1 Å².